The lowest BCUT2D eigenvalue weighted by Crippen LogP contribution is -2.36. The number of benzene rings is 3. The van der Waals surface area contributed by atoms with Crippen LogP contribution >= 0.6 is 11.3 Å². The van der Waals surface area contributed by atoms with Crippen LogP contribution in [-0.2, 0) is 17.8 Å². The van der Waals surface area contributed by atoms with E-state index in [4.69, 9.17) is 4.74 Å². The van der Waals surface area contributed by atoms with Gasteiger partial charge in [0.2, 0.25) is 5.91 Å². The van der Waals surface area contributed by atoms with E-state index < -0.39 is 0 Å². The number of thiazole rings is 1. The molecule has 0 spiro atoms. The molecule has 3 aromatic carbocycles. The van der Waals surface area contributed by atoms with Crippen molar-refractivity contribution in [1.82, 2.24) is 15.2 Å². The topological polar surface area (TPSA) is 54.5 Å². The van der Waals surface area contributed by atoms with Crippen molar-refractivity contribution in [3.8, 4) is 5.75 Å². The lowest BCUT2D eigenvalue weighted by molar-refractivity contribution is -0.121. The van der Waals surface area contributed by atoms with Gasteiger partial charge < -0.3 is 10.1 Å². The second-order valence-corrected chi connectivity index (χ2v) is 9.40. The van der Waals surface area contributed by atoms with Gasteiger partial charge in [-0.15, -0.1) is 11.3 Å². The monoisotopic (exact) mass is 457 g/mol. The molecular weight excluding hydrogens is 430 g/mol. The number of amides is 1. The molecule has 168 valence electrons. The van der Waals surface area contributed by atoms with Gasteiger partial charge in [-0.1, -0.05) is 60.7 Å². The first kappa shape index (κ1) is 21.6. The van der Waals surface area contributed by atoms with Gasteiger partial charge in [0.25, 0.3) is 0 Å². The standard InChI is InChI=1S/C27H27N3O2S/c31-26(14-15-27-29-22-11-5-7-13-25(22)33-27)28-16-17-30-18-21-10-4-6-12-23(21)32-24(19-30)20-8-2-1-3-9-20/h1-13,24H,14-19H2,(H,28,31)/t24-/m1/s1. The van der Waals surface area contributed by atoms with Crippen LogP contribution in [0.3, 0.4) is 0 Å². The first-order valence-corrected chi connectivity index (χ1v) is 12.2. The van der Waals surface area contributed by atoms with Crippen molar-refractivity contribution in [2.45, 2.75) is 25.5 Å². The van der Waals surface area contributed by atoms with Crippen LogP contribution in [0.1, 0.15) is 28.7 Å². The number of fused-ring (bicyclic) bond motifs is 2. The van der Waals surface area contributed by atoms with Gasteiger partial charge in [0.05, 0.1) is 15.2 Å². The van der Waals surface area contributed by atoms with E-state index in [0.29, 0.717) is 19.4 Å². The lowest BCUT2D eigenvalue weighted by Gasteiger charge is -2.24. The van der Waals surface area contributed by atoms with Gasteiger partial charge in [0.1, 0.15) is 11.9 Å². The summed E-state index contributed by atoms with van der Waals surface area (Å²) < 4.78 is 7.55. The normalized spacial score (nSPS) is 16.1. The number of para-hydroxylation sites is 2. The molecule has 0 fully saturated rings. The summed E-state index contributed by atoms with van der Waals surface area (Å²) in [6.07, 6.45) is 1.09. The Morgan fingerprint density at radius 3 is 2.70 bits per heavy atom. The molecule has 1 aromatic heterocycles. The fourth-order valence-electron chi connectivity index (χ4n) is 4.18. The third kappa shape index (κ3) is 5.41. The molecule has 1 N–H and O–H groups in total. The van der Waals surface area contributed by atoms with Crippen molar-refractivity contribution in [2.75, 3.05) is 19.6 Å². The summed E-state index contributed by atoms with van der Waals surface area (Å²) in [6.45, 7) is 2.97. The van der Waals surface area contributed by atoms with Crippen molar-refractivity contribution in [3.05, 3.63) is 95.0 Å². The molecular formula is C27H27N3O2S. The lowest BCUT2D eigenvalue weighted by atomic mass is 10.1. The highest BCUT2D eigenvalue weighted by Gasteiger charge is 2.24. The molecule has 0 radical (unpaired) electrons. The molecule has 5 rings (SSSR count). The highest BCUT2D eigenvalue weighted by molar-refractivity contribution is 7.18. The minimum absolute atomic E-state index is 0.0374. The molecule has 5 nitrogen and oxygen atoms in total. The predicted molar refractivity (Wildman–Crippen MR) is 132 cm³/mol. The Kier molecular flexibility index (Phi) is 6.65. The van der Waals surface area contributed by atoms with Crippen molar-refractivity contribution < 1.29 is 9.53 Å². The molecule has 0 saturated carbocycles. The highest BCUT2D eigenvalue weighted by Crippen LogP contribution is 2.30. The second-order valence-electron chi connectivity index (χ2n) is 8.29. The Labute approximate surface area is 198 Å². The van der Waals surface area contributed by atoms with Gasteiger partial charge in [-0.3, -0.25) is 9.69 Å². The van der Waals surface area contributed by atoms with Crippen LogP contribution in [0.25, 0.3) is 10.2 Å². The molecule has 1 atom stereocenters. The summed E-state index contributed by atoms with van der Waals surface area (Å²) in [5, 5.41) is 4.10. The minimum atomic E-state index is -0.0374. The number of carbonyl (C=O) groups is 1. The molecule has 0 saturated heterocycles. The largest absolute Gasteiger partial charge is 0.484 e. The molecule has 6 heteroatoms. The van der Waals surface area contributed by atoms with E-state index in [1.807, 2.05) is 54.6 Å². The number of rotatable bonds is 7. The van der Waals surface area contributed by atoms with Gasteiger partial charge in [0.15, 0.2) is 0 Å². The molecule has 4 aromatic rings. The van der Waals surface area contributed by atoms with Crippen LogP contribution in [0.15, 0.2) is 78.9 Å². The van der Waals surface area contributed by atoms with Gasteiger partial charge in [-0.05, 0) is 23.8 Å². The maximum Gasteiger partial charge on any atom is 0.220 e. The number of nitrogens with zero attached hydrogens (tertiary/aromatic N) is 2. The fraction of sp³-hybridized carbons (Fsp3) is 0.259. The molecule has 2 heterocycles. The molecule has 1 aliphatic rings. The van der Waals surface area contributed by atoms with E-state index in [2.05, 4.69) is 39.5 Å². The number of carbonyl (C=O) groups excluding carboxylic acids is 1. The predicted octanol–water partition coefficient (Wildman–Crippen LogP) is 4.98. The summed E-state index contributed by atoms with van der Waals surface area (Å²) in [4.78, 5) is 19.4. The maximum absolute atomic E-state index is 12.4. The van der Waals surface area contributed by atoms with Crippen LogP contribution in [-0.4, -0.2) is 35.4 Å². The molecule has 0 bridgehead atoms. The summed E-state index contributed by atoms with van der Waals surface area (Å²) >= 11 is 1.67. The van der Waals surface area contributed by atoms with E-state index in [9.17, 15) is 4.79 Å². The number of hydrogen-bond acceptors (Lipinski definition) is 5. The molecule has 1 aliphatic heterocycles. The van der Waals surface area contributed by atoms with E-state index in [1.54, 1.807) is 11.3 Å². The van der Waals surface area contributed by atoms with E-state index >= 15 is 0 Å². The Morgan fingerprint density at radius 2 is 1.82 bits per heavy atom. The molecule has 1 amide bonds. The molecule has 33 heavy (non-hydrogen) atoms. The van der Waals surface area contributed by atoms with Crippen molar-refractivity contribution >= 4 is 27.5 Å². The van der Waals surface area contributed by atoms with E-state index in [0.717, 1.165) is 35.9 Å². The molecule has 0 aliphatic carbocycles. The summed E-state index contributed by atoms with van der Waals surface area (Å²) in [7, 11) is 0. The zero-order valence-corrected chi connectivity index (χ0v) is 19.3. The smallest absolute Gasteiger partial charge is 0.220 e. The highest BCUT2D eigenvalue weighted by atomic mass is 32.1. The van der Waals surface area contributed by atoms with Crippen molar-refractivity contribution in [1.29, 1.82) is 0 Å². The first-order chi connectivity index (χ1) is 16.2. The number of hydrogen-bond donors (Lipinski definition) is 1. The average Bonchev–Trinajstić information content (AvgIpc) is 3.17. The van der Waals surface area contributed by atoms with Gasteiger partial charge in [-0.25, -0.2) is 4.98 Å². The number of nitrogens with one attached hydrogen (secondary N) is 1. The second kappa shape index (κ2) is 10.1. The van der Waals surface area contributed by atoms with Crippen LogP contribution in [0, 0.1) is 0 Å². The van der Waals surface area contributed by atoms with Gasteiger partial charge >= 0.3 is 0 Å². The molecule has 0 unspecified atom stereocenters. The van der Waals surface area contributed by atoms with Gasteiger partial charge in [-0.2, -0.15) is 0 Å². The number of aryl methyl sites for hydroxylation is 1. The van der Waals surface area contributed by atoms with Crippen LogP contribution in [0.5, 0.6) is 5.75 Å². The average molecular weight is 458 g/mol. The number of aromatic nitrogens is 1. The number of ether oxygens (including phenoxy) is 1. The third-order valence-electron chi connectivity index (χ3n) is 5.89. The first-order valence-electron chi connectivity index (χ1n) is 11.4. The Morgan fingerprint density at radius 1 is 1.03 bits per heavy atom. The quantitative estimate of drug-likeness (QED) is 0.425. The Balaban J connectivity index is 1.16. The summed E-state index contributed by atoms with van der Waals surface area (Å²) in [5.41, 5.74) is 3.35. The zero-order chi connectivity index (χ0) is 22.5. The summed E-state index contributed by atoms with van der Waals surface area (Å²) in [5.74, 6) is 1.01. The van der Waals surface area contributed by atoms with Crippen LogP contribution < -0.4 is 10.1 Å². The van der Waals surface area contributed by atoms with Crippen molar-refractivity contribution in [3.63, 3.8) is 0 Å². The maximum atomic E-state index is 12.4. The fourth-order valence-corrected chi connectivity index (χ4v) is 5.15. The van der Waals surface area contributed by atoms with Crippen LogP contribution in [0.4, 0.5) is 0 Å². The Hall–Kier alpha value is -3.22. The summed E-state index contributed by atoms with van der Waals surface area (Å²) in [6, 6.07) is 26.7. The van der Waals surface area contributed by atoms with E-state index in [1.165, 1.54) is 15.8 Å². The van der Waals surface area contributed by atoms with E-state index in [-0.39, 0.29) is 12.0 Å². The zero-order valence-electron chi connectivity index (χ0n) is 18.4. The third-order valence-corrected chi connectivity index (χ3v) is 6.98. The van der Waals surface area contributed by atoms with Crippen LogP contribution in [0.2, 0.25) is 0 Å². The minimum Gasteiger partial charge on any atom is -0.484 e. The van der Waals surface area contributed by atoms with Gasteiger partial charge in [0, 0.05) is 44.6 Å². The SMILES string of the molecule is O=C(CCc1nc2ccccc2s1)NCCN1Cc2ccccc2O[C@@H](c2ccccc2)C1. The van der Waals surface area contributed by atoms with Crippen molar-refractivity contribution in [2.24, 2.45) is 0 Å². The Bertz CT molecular complexity index is 1190.